The summed E-state index contributed by atoms with van der Waals surface area (Å²) in [5.41, 5.74) is 0.0830. The van der Waals surface area contributed by atoms with Crippen LogP contribution < -0.4 is 5.32 Å². The fraction of sp³-hybridized carbons (Fsp3) is 0.538. The standard InChI is InChI=1S/C13H16FIN2O3/c14-10-7-12(13(17(18)19)8-11(10)15)16-5-6-20-9-3-1-2-4-9/h7-9,16H,1-6H2. The van der Waals surface area contributed by atoms with Gasteiger partial charge in [0, 0.05) is 18.7 Å². The lowest BCUT2D eigenvalue weighted by Gasteiger charge is -2.12. The van der Waals surface area contributed by atoms with E-state index in [1.165, 1.54) is 18.9 Å². The summed E-state index contributed by atoms with van der Waals surface area (Å²) in [6, 6.07) is 2.39. The normalized spacial score (nSPS) is 15.5. The minimum atomic E-state index is -0.512. The first-order chi connectivity index (χ1) is 9.58. The molecule has 0 saturated heterocycles. The molecule has 2 rings (SSSR count). The maximum atomic E-state index is 13.5. The van der Waals surface area contributed by atoms with Crippen molar-refractivity contribution in [2.45, 2.75) is 31.8 Å². The maximum Gasteiger partial charge on any atom is 0.293 e. The number of nitrogens with one attached hydrogen (secondary N) is 1. The minimum absolute atomic E-state index is 0.114. The molecule has 0 aliphatic heterocycles. The Labute approximate surface area is 130 Å². The molecule has 0 amide bonds. The van der Waals surface area contributed by atoms with Gasteiger partial charge in [0.2, 0.25) is 0 Å². The summed E-state index contributed by atoms with van der Waals surface area (Å²) in [5, 5.41) is 13.8. The highest BCUT2D eigenvalue weighted by Gasteiger charge is 2.18. The molecule has 0 atom stereocenters. The lowest BCUT2D eigenvalue weighted by molar-refractivity contribution is -0.384. The van der Waals surface area contributed by atoms with Gasteiger partial charge in [0.05, 0.1) is 21.2 Å². The number of ether oxygens (including phenoxy) is 1. The summed E-state index contributed by atoms with van der Waals surface area (Å²) in [4.78, 5) is 10.4. The molecule has 1 fully saturated rings. The first kappa shape index (κ1) is 15.4. The Morgan fingerprint density at radius 1 is 1.45 bits per heavy atom. The van der Waals surface area contributed by atoms with Crippen molar-refractivity contribution in [2.75, 3.05) is 18.5 Å². The van der Waals surface area contributed by atoms with Crippen LogP contribution in [0.1, 0.15) is 25.7 Å². The molecule has 1 aliphatic carbocycles. The number of nitro benzene ring substituents is 1. The van der Waals surface area contributed by atoms with Gasteiger partial charge in [-0.1, -0.05) is 12.8 Å². The molecule has 0 unspecified atom stereocenters. The van der Waals surface area contributed by atoms with E-state index in [2.05, 4.69) is 5.32 Å². The Bertz CT molecular complexity index is 493. The van der Waals surface area contributed by atoms with E-state index >= 15 is 0 Å². The Balaban J connectivity index is 1.90. The Morgan fingerprint density at radius 3 is 2.80 bits per heavy atom. The van der Waals surface area contributed by atoms with E-state index in [-0.39, 0.29) is 14.9 Å². The van der Waals surface area contributed by atoms with Gasteiger partial charge in [0.25, 0.3) is 5.69 Å². The molecular weight excluding hydrogens is 378 g/mol. The highest BCUT2D eigenvalue weighted by molar-refractivity contribution is 14.1. The Kier molecular flexibility index (Phi) is 5.53. The lowest BCUT2D eigenvalue weighted by Crippen LogP contribution is -2.16. The number of rotatable bonds is 6. The zero-order chi connectivity index (χ0) is 14.5. The van der Waals surface area contributed by atoms with Crippen molar-refractivity contribution in [1.82, 2.24) is 0 Å². The molecule has 5 nitrogen and oxygen atoms in total. The van der Waals surface area contributed by atoms with Gasteiger partial charge in [-0.2, -0.15) is 0 Å². The van der Waals surface area contributed by atoms with E-state index in [0.717, 1.165) is 18.9 Å². The van der Waals surface area contributed by atoms with Crippen molar-refractivity contribution < 1.29 is 14.1 Å². The van der Waals surface area contributed by atoms with E-state index in [4.69, 9.17) is 4.74 Å². The first-order valence-electron chi connectivity index (χ1n) is 6.57. The van der Waals surface area contributed by atoms with E-state index in [0.29, 0.717) is 19.3 Å². The van der Waals surface area contributed by atoms with Crippen LogP contribution in [0.5, 0.6) is 0 Å². The number of halogens is 2. The van der Waals surface area contributed by atoms with Crippen LogP contribution in [-0.4, -0.2) is 24.2 Å². The molecule has 0 aromatic heterocycles. The van der Waals surface area contributed by atoms with Gasteiger partial charge in [-0.25, -0.2) is 4.39 Å². The van der Waals surface area contributed by atoms with E-state index in [1.54, 1.807) is 22.6 Å². The second-order valence-corrected chi connectivity index (χ2v) is 5.91. The summed E-state index contributed by atoms with van der Waals surface area (Å²) < 4.78 is 19.4. The number of nitro groups is 1. The van der Waals surface area contributed by atoms with Crippen molar-refractivity contribution in [3.63, 3.8) is 0 Å². The Hall–Kier alpha value is -0.960. The fourth-order valence-corrected chi connectivity index (χ4v) is 2.75. The van der Waals surface area contributed by atoms with Crippen LogP contribution in [0.4, 0.5) is 15.8 Å². The molecule has 1 saturated carbocycles. The quantitative estimate of drug-likeness (QED) is 0.346. The number of hydrogen-bond acceptors (Lipinski definition) is 4. The molecule has 0 spiro atoms. The monoisotopic (exact) mass is 394 g/mol. The third kappa shape index (κ3) is 4.02. The van der Waals surface area contributed by atoms with Crippen LogP contribution >= 0.6 is 22.6 Å². The van der Waals surface area contributed by atoms with Crippen molar-refractivity contribution in [3.05, 3.63) is 31.6 Å². The molecule has 0 bridgehead atoms. The largest absolute Gasteiger partial charge is 0.377 e. The van der Waals surface area contributed by atoms with Crippen LogP contribution in [0.15, 0.2) is 12.1 Å². The van der Waals surface area contributed by atoms with Gasteiger partial charge in [-0.15, -0.1) is 0 Å². The Morgan fingerprint density at radius 2 is 2.15 bits per heavy atom. The van der Waals surface area contributed by atoms with Gasteiger partial charge in [-0.05, 0) is 35.4 Å². The second kappa shape index (κ2) is 7.16. The number of anilines is 1. The van der Waals surface area contributed by atoms with Gasteiger partial charge in [-0.3, -0.25) is 10.1 Å². The molecule has 1 aromatic rings. The summed E-state index contributed by atoms with van der Waals surface area (Å²) in [6.45, 7) is 0.896. The zero-order valence-corrected chi connectivity index (χ0v) is 13.1. The average Bonchev–Trinajstić information content (AvgIpc) is 2.91. The lowest BCUT2D eigenvalue weighted by atomic mass is 10.2. The van der Waals surface area contributed by atoms with E-state index in [9.17, 15) is 14.5 Å². The molecule has 20 heavy (non-hydrogen) atoms. The smallest absolute Gasteiger partial charge is 0.293 e. The van der Waals surface area contributed by atoms with Crippen LogP contribution in [-0.2, 0) is 4.74 Å². The molecule has 1 N–H and O–H groups in total. The van der Waals surface area contributed by atoms with Gasteiger partial charge in [0.15, 0.2) is 0 Å². The second-order valence-electron chi connectivity index (χ2n) is 4.74. The van der Waals surface area contributed by atoms with Crippen LogP contribution in [0, 0.1) is 19.5 Å². The van der Waals surface area contributed by atoms with E-state index < -0.39 is 10.7 Å². The minimum Gasteiger partial charge on any atom is -0.377 e. The molecule has 110 valence electrons. The third-order valence-corrected chi connectivity index (χ3v) is 4.14. The number of benzene rings is 1. The highest BCUT2D eigenvalue weighted by atomic mass is 127. The van der Waals surface area contributed by atoms with Crippen LogP contribution in [0.2, 0.25) is 0 Å². The maximum absolute atomic E-state index is 13.5. The van der Waals surface area contributed by atoms with Gasteiger partial charge < -0.3 is 10.1 Å². The molecular formula is C13H16FIN2O3. The predicted molar refractivity (Wildman–Crippen MR) is 82.5 cm³/mol. The number of nitrogens with zero attached hydrogens (tertiary/aromatic N) is 1. The highest BCUT2D eigenvalue weighted by Crippen LogP contribution is 2.28. The van der Waals surface area contributed by atoms with Crippen LogP contribution in [0.3, 0.4) is 0 Å². The molecule has 0 heterocycles. The zero-order valence-electron chi connectivity index (χ0n) is 10.9. The van der Waals surface area contributed by atoms with Gasteiger partial charge in [0.1, 0.15) is 11.5 Å². The molecule has 0 radical (unpaired) electrons. The fourth-order valence-electron chi connectivity index (χ4n) is 2.30. The number of hydrogen-bond donors (Lipinski definition) is 1. The van der Waals surface area contributed by atoms with Gasteiger partial charge >= 0.3 is 0 Å². The van der Waals surface area contributed by atoms with Crippen LogP contribution in [0.25, 0.3) is 0 Å². The van der Waals surface area contributed by atoms with Crippen molar-refractivity contribution in [3.8, 4) is 0 Å². The van der Waals surface area contributed by atoms with Crippen molar-refractivity contribution in [1.29, 1.82) is 0 Å². The molecule has 1 aliphatic rings. The molecule has 7 heteroatoms. The van der Waals surface area contributed by atoms with E-state index in [1.807, 2.05) is 0 Å². The summed E-state index contributed by atoms with van der Waals surface area (Å²) >= 11 is 1.74. The van der Waals surface area contributed by atoms with Crippen molar-refractivity contribution >= 4 is 34.0 Å². The summed E-state index contributed by atoms with van der Waals surface area (Å²) in [6.07, 6.45) is 4.87. The van der Waals surface area contributed by atoms with Crippen molar-refractivity contribution in [2.24, 2.45) is 0 Å². The third-order valence-electron chi connectivity index (χ3n) is 3.31. The average molecular weight is 394 g/mol. The topological polar surface area (TPSA) is 64.4 Å². The molecule has 1 aromatic carbocycles. The SMILES string of the molecule is O=[N+]([O-])c1cc(I)c(F)cc1NCCOC1CCCC1. The summed E-state index contributed by atoms with van der Waals surface area (Å²) in [5.74, 6) is -0.463. The summed E-state index contributed by atoms with van der Waals surface area (Å²) in [7, 11) is 0. The first-order valence-corrected chi connectivity index (χ1v) is 7.64. The predicted octanol–water partition coefficient (Wildman–Crippen LogP) is 3.71.